The van der Waals surface area contributed by atoms with E-state index in [4.69, 9.17) is 11.6 Å². The van der Waals surface area contributed by atoms with Gasteiger partial charge in [-0.2, -0.15) is 5.10 Å². The molecule has 2 atom stereocenters. The molecule has 2 aromatic carbocycles. The Morgan fingerprint density at radius 3 is 2.85 bits per heavy atom. The van der Waals surface area contributed by atoms with E-state index >= 15 is 0 Å². The molecule has 1 fully saturated rings. The molecular formula is C21H18ClN3O. The number of aromatic nitrogens is 1. The zero-order chi connectivity index (χ0) is 18.1. The van der Waals surface area contributed by atoms with Crippen LogP contribution in [0.15, 0.2) is 59.7 Å². The number of carbonyl (C=O) groups excluding carboxylic acids is 1. The van der Waals surface area contributed by atoms with Gasteiger partial charge in [0.1, 0.15) is 5.15 Å². The Bertz CT molecular complexity index is 1000. The summed E-state index contributed by atoms with van der Waals surface area (Å²) in [6.07, 6.45) is 2.41. The highest BCUT2D eigenvalue weighted by atomic mass is 35.5. The molecule has 0 bridgehead atoms. The summed E-state index contributed by atoms with van der Waals surface area (Å²) in [5, 5.41) is 5.44. The number of hydrazone groups is 1. The average Bonchev–Trinajstić information content (AvgIpc) is 3.45. The van der Waals surface area contributed by atoms with Crippen molar-refractivity contribution in [2.24, 2.45) is 11.0 Å². The molecule has 0 radical (unpaired) electrons. The first-order chi connectivity index (χ1) is 12.6. The molecule has 0 aliphatic heterocycles. The zero-order valence-electron chi connectivity index (χ0n) is 14.3. The Hall–Kier alpha value is -2.72. The summed E-state index contributed by atoms with van der Waals surface area (Å²) in [5.74, 6) is 0.221. The Morgan fingerprint density at radius 2 is 2.04 bits per heavy atom. The summed E-state index contributed by atoms with van der Waals surface area (Å²) in [6, 6.07) is 18.0. The van der Waals surface area contributed by atoms with Crippen LogP contribution in [0.25, 0.3) is 10.9 Å². The van der Waals surface area contributed by atoms with E-state index in [-0.39, 0.29) is 11.8 Å². The fourth-order valence-electron chi connectivity index (χ4n) is 3.23. The first-order valence-corrected chi connectivity index (χ1v) is 8.95. The lowest BCUT2D eigenvalue weighted by Gasteiger charge is -2.04. The molecule has 1 aromatic heterocycles. The predicted octanol–water partition coefficient (Wildman–Crippen LogP) is 4.45. The van der Waals surface area contributed by atoms with Gasteiger partial charge in [0.2, 0.25) is 5.91 Å². The summed E-state index contributed by atoms with van der Waals surface area (Å²) in [4.78, 5) is 16.7. The number of pyridine rings is 1. The number of nitrogens with zero attached hydrogens (tertiary/aromatic N) is 2. The van der Waals surface area contributed by atoms with E-state index in [0.717, 1.165) is 22.9 Å². The van der Waals surface area contributed by atoms with Crippen molar-refractivity contribution in [3.8, 4) is 0 Å². The summed E-state index contributed by atoms with van der Waals surface area (Å²) in [7, 11) is 0. The van der Waals surface area contributed by atoms with Crippen molar-refractivity contribution in [1.82, 2.24) is 10.4 Å². The third kappa shape index (κ3) is 3.33. The molecule has 1 heterocycles. The molecule has 0 saturated heterocycles. The van der Waals surface area contributed by atoms with Gasteiger partial charge < -0.3 is 0 Å². The fraction of sp³-hybridized carbons (Fsp3) is 0.190. The van der Waals surface area contributed by atoms with Crippen molar-refractivity contribution in [2.75, 3.05) is 0 Å². The van der Waals surface area contributed by atoms with Gasteiger partial charge in [-0.25, -0.2) is 10.4 Å². The monoisotopic (exact) mass is 363 g/mol. The van der Waals surface area contributed by atoms with Crippen molar-refractivity contribution in [1.29, 1.82) is 0 Å². The van der Waals surface area contributed by atoms with Crippen molar-refractivity contribution >= 4 is 34.6 Å². The first kappa shape index (κ1) is 16.7. The van der Waals surface area contributed by atoms with Gasteiger partial charge in [0.25, 0.3) is 0 Å². The number of benzene rings is 2. The van der Waals surface area contributed by atoms with Crippen LogP contribution in [0.4, 0.5) is 0 Å². The molecular weight excluding hydrogens is 346 g/mol. The topological polar surface area (TPSA) is 54.4 Å². The van der Waals surface area contributed by atoms with E-state index in [1.165, 1.54) is 5.56 Å². The Morgan fingerprint density at radius 1 is 1.23 bits per heavy atom. The van der Waals surface area contributed by atoms with E-state index in [1.54, 1.807) is 6.21 Å². The van der Waals surface area contributed by atoms with Gasteiger partial charge >= 0.3 is 0 Å². The number of amides is 1. The number of aryl methyl sites for hydroxylation is 1. The minimum absolute atomic E-state index is 0.0117. The van der Waals surface area contributed by atoms with Crippen LogP contribution in [0.2, 0.25) is 5.15 Å². The number of fused-ring (bicyclic) bond motifs is 1. The quantitative estimate of drug-likeness (QED) is 0.423. The summed E-state index contributed by atoms with van der Waals surface area (Å²) >= 11 is 6.25. The SMILES string of the molecule is Cc1cccc2cc(C=NNC(=O)[C@H]3C[C@@H]3c3ccccc3)c(Cl)nc12. The zero-order valence-corrected chi connectivity index (χ0v) is 15.1. The number of hydrogen-bond acceptors (Lipinski definition) is 3. The van der Waals surface area contributed by atoms with Gasteiger partial charge in [0, 0.05) is 16.9 Å². The van der Waals surface area contributed by atoms with Crippen molar-refractivity contribution in [3.05, 3.63) is 76.4 Å². The third-order valence-electron chi connectivity index (χ3n) is 4.76. The van der Waals surface area contributed by atoms with E-state index in [9.17, 15) is 4.79 Å². The number of para-hydroxylation sites is 1. The molecule has 130 valence electrons. The van der Waals surface area contributed by atoms with Gasteiger partial charge in [0.05, 0.1) is 11.7 Å². The summed E-state index contributed by atoms with van der Waals surface area (Å²) < 4.78 is 0. The number of nitrogens with one attached hydrogen (secondary N) is 1. The lowest BCUT2D eigenvalue weighted by Crippen LogP contribution is -2.20. The predicted molar refractivity (Wildman–Crippen MR) is 105 cm³/mol. The maximum absolute atomic E-state index is 12.2. The van der Waals surface area contributed by atoms with E-state index in [1.807, 2.05) is 49.4 Å². The van der Waals surface area contributed by atoms with E-state index < -0.39 is 0 Å². The minimum atomic E-state index is -0.0594. The van der Waals surface area contributed by atoms with Crippen LogP contribution in [0.5, 0.6) is 0 Å². The van der Waals surface area contributed by atoms with Crippen LogP contribution in [0.1, 0.15) is 29.0 Å². The Kier molecular flexibility index (Phi) is 4.43. The normalized spacial score (nSPS) is 19.0. The Balaban J connectivity index is 1.44. The van der Waals surface area contributed by atoms with Crippen molar-refractivity contribution in [3.63, 3.8) is 0 Å². The molecule has 4 nitrogen and oxygen atoms in total. The highest BCUT2D eigenvalue weighted by molar-refractivity contribution is 6.32. The molecule has 0 spiro atoms. The van der Waals surface area contributed by atoms with E-state index in [2.05, 4.69) is 27.6 Å². The summed E-state index contributed by atoms with van der Waals surface area (Å²) in [6.45, 7) is 2.00. The largest absolute Gasteiger partial charge is 0.273 e. The molecule has 1 N–H and O–H groups in total. The molecule has 4 rings (SSSR count). The van der Waals surface area contributed by atoms with Crippen LogP contribution in [-0.2, 0) is 4.79 Å². The molecule has 0 unspecified atom stereocenters. The van der Waals surface area contributed by atoms with Gasteiger partial charge in [-0.15, -0.1) is 0 Å². The second-order valence-electron chi connectivity index (χ2n) is 6.61. The maximum atomic E-state index is 12.2. The lowest BCUT2D eigenvalue weighted by atomic mass is 10.1. The number of carbonyl (C=O) groups is 1. The molecule has 1 aliphatic carbocycles. The van der Waals surface area contributed by atoms with Crippen LogP contribution in [0, 0.1) is 12.8 Å². The maximum Gasteiger partial charge on any atom is 0.243 e. The van der Waals surface area contributed by atoms with Crippen LogP contribution in [-0.4, -0.2) is 17.1 Å². The molecule has 1 aliphatic rings. The van der Waals surface area contributed by atoms with Crippen LogP contribution in [0.3, 0.4) is 0 Å². The smallest absolute Gasteiger partial charge is 0.243 e. The van der Waals surface area contributed by atoms with Gasteiger partial charge in [-0.3, -0.25) is 4.79 Å². The number of rotatable bonds is 4. The molecule has 5 heteroatoms. The Labute approximate surface area is 156 Å². The fourth-order valence-corrected chi connectivity index (χ4v) is 3.42. The van der Waals surface area contributed by atoms with Gasteiger partial charge in [-0.05, 0) is 36.5 Å². The lowest BCUT2D eigenvalue weighted by molar-refractivity contribution is -0.122. The highest BCUT2D eigenvalue weighted by Gasteiger charge is 2.43. The summed E-state index contributed by atoms with van der Waals surface area (Å²) in [5.41, 5.74) is 6.46. The van der Waals surface area contributed by atoms with Crippen molar-refractivity contribution < 1.29 is 4.79 Å². The van der Waals surface area contributed by atoms with Gasteiger partial charge in [0.15, 0.2) is 0 Å². The first-order valence-electron chi connectivity index (χ1n) is 8.57. The molecule has 1 amide bonds. The van der Waals surface area contributed by atoms with Crippen LogP contribution < -0.4 is 5.43 Å². The van der Waals surface area contributed by atoms with Crippen molar-refractivity contribution in [2.45, 2.75) is 19.3 Å². The van der Waals surface area contributed by atoms with Crippen LogP contribution >= 0.6 is 11.6 Å². The second-order valence-corrected chi connectivity index (χ2v) is 6.97. The standard InChI is InChI=1S/C21H18ClN3O/c1-13-6-5-9-15-10-16(20(22)24-19(13)15)12-23-25-21(26)18-11-17(18)14-7-3-2-4-8-14/h2-10,12,17-18H,11H2,1H3,(H,25,26)/t17-,18+/m1/s1. The van der Waals surface area contributed by atoms with Gasteiger partial charge in [-0.1, -0.05) is 60.1 Å². The highest BCUT2D eigenvalue weighted by Crippen LogP contribution is 2.47. The molecule has 1 saturated carbocycles. The molecule has 26 heavy (non-hydrogen) atoms. The molecule has 3 aromatic rings. The minimum Gasteiger partial charge on any atom is -0.273 e. The number of hydrogen-bond donors (Lipinski definition) is 1. The third-order valence-corrected chi connectivity index (χ3v) is 5.06. The van der Waals surface area contributed by atoms with E-state index in [0.29, 0.717) is 16.6 Å². The average molecular weight is 364 g/mol. The number of halogens is 1. The second kappa shape index (κ2) is 6.89.